The minimum Gasteiger partial charge on any atom is -0.476 e. The van der Waals surface area contributed by atoms with E-state index in [-0.39, 0.29) is 5.69 Å². The summed E-state index contributed by atoms with van der Waals surface area (Å²) in [5.74, 6) is -1.09. The van der Waals surface area contributed by atoms with Gasteiger partial charge in [0.05, 0.1) is 11.9 Å². The molecule has 7 nitrogen and oxygen atoms in total. The zero-order valence-electron chi connectivity index (χ0n) is 10.2. The molecule has 0 amide bonds. The lowest BCUT2D eigenvalue weighted by atomic mass is 10.3. The van der Waals surface area contributed by atoms with Gasteiger partial charge in [-0.1, -0.05) is 0 Å². The van der Waals surface area contributed by atoms with Crippen molar-refractivity contribution in [2.75, 3.05) is 0 Å². The molecule has 0 spiro atoms. The molecule has 0 radical (unpaired) electrons. The topological polar surface area (TPSA) is 85.3 Å². The van der Waals surface area contributed by atoms with Gasteiger partial charge in [-0.15, -0.1) is 0 Å². The average molecular weight is 257 g/mol. The first-order valence-corrected chi connectivity index (χ1v) is 5.79. The molecule has 0 aliphatic heterocycles. The first-order valence-electron chi connectivity index (χ1n) is 5.79. The molecule has 19 heavy (non-hydrogen) atoms. The van der Waals surface area contributed by atoms with Crippen molar-refractivity contribution in [1.29, 1.82) is 0 Å². The van der Waals surface area contributed by atoms with Crippen molar-refractivity contribution in [3.05, 3.63) is 36.7 Å². The summed E-state index contributed by atoms with van der Waals surface area (Å²) in [6.45, 7) is 2.77. The molecule has 0 aromatic carbocycles. The Bertz CT molecular complexity index is 758. The number of hydrogen-bond donors (Lipinski definition) is 1. The Morgan fingerprint density at radius 2 is 2.26 bits per heavy atom. The van der Waals surface area contributed by atoms with E-state index in [0.29, 0.717) is 11.3 Å². The van der Waals surface area contributed by atoms with E-state index in [2.05, 4.69) is 15.1 Å². The van der Waals surface area contributed by atoms with Crippen LogP contribution in [0, 0.1) is 0 Å². The highest BCUT2D eigenvalue weighted by atomic mass is 16.4. The molecule has 0 fully saturated rings. The lowest BCUT2D eigenvalue weighted by molar-refractivity contribution is 0.0692. The summed E-state index contributed by atoms with van der Waals surface area (Å²) in [4.78, 5) is 19.2. The highest BCUT2D eigenvalue weighted by Gasteiger charge is 2.14. The number of aryl methyl sites for hydroxylation is 1. The summed E-state index contributed by atoms with van der Waals surface area (Å²) in [5.41, 5.74) is 1.79. The van der Waals surface area contributed by atoms with Crippen LogP contribution < -0.4 is 0 Å². The van der Waals surface area contributed by atoms with Crippen LogP contribution >= 0.6 is 0 Å². The average Bonchev–Trinajstić information content (AvgIpc) is 3.03. The Morgan fingerprint density at radius 3 is 2.95 bits per heavy atom. The maximum absolute atomic E-state index is 11.1. The van der Waals surface area contributed by atoms with E-state index in [4.69, 9.17) is 5.11 Å². The van der Waals surface area contributed by atoms with Crippen molar-refractivity contribution in [3.8, 4) is 11.3 Å². The van der Waals surface area contributed by atoms with E-state index < -0.39 is 5.97 Å². The number of carboxylic acids is 1. The van der Waals surface area contributed by atoms with Gasteiger partial charge < -0.3 is 9.51 Å². The SMILES string of the molecule is CCn1cc(-c2cn3ccnc(C(=O)O)c3n2)cn1. The van der Waals surface area contributed by atoms with Crippen LogP contribution in [0.4, 0.5) is 0 Å². The Morgan fingerprint density at radius 1 is 1.42 bits per heavy atom. The number of fused-ring (bicyclic) bond motifs is 1. The molecule has 0 bridgehead atoms. The molecule has 3 heterocycles. The van der Waals surface area contributed by atoms with Gasteiger partial charge in [-0.2, -0.15) is 5.10 Å². The van der Waals surface area contributed by atoms with Crippen LogP contribution in [0.2, 0.25) is 0 Å². The Balaban J connectivity index is 2.16. The molecule has 0 unspecified atom stereocenters. The fourth-order valence-corrected chi connectivity index (χ4v) is 1.88. The maximum atomic E-state index is 11.1. The predicted octanol–water partition coefficient (Wildman–Crippen LogP) is 1.31. The summed E-state index contributed by atoms with van der Waals surface area (Å²) >= 11 is 0. The molecular formula is C12H11N5O2. The van der Waals surface area contributed by atoms with Crippen molar-refractivity contribution in [2.24, 2.45) is 0 Å². The number of hydrogen-bond acceptors (Lipinski definition) is 4. The van der Waals surface area contributed by atoms with E-state index in [1.165, 1.54) is 6.20 Å². The van der Waals surface area contributed by atoms with Gasteiger partial charge in [-0.25, -0.2) is 14.8 Å². The van der Waals surface area contributed by atoms with Crippen molar-refractivity contribution in [2.45, 2.75) is 13.5 Å². The van der Waals surface area contributed by atoms with Gasteiger partial charge in [0.2, 0.25) is 0 Å². The molecule has 0 saturated carbocycles. The van der Waals surface area contributed by atoms with Crippen LogP contribution in [0.15, 0.2) is 31.0 Å². The van der Waals surface area contributed by atoms with E-state index in [1.807, 2.05) is 13.1 Å². The van der Waals surface area contributed by atoms with Crippen molar-refractivity contribution >= 4 is 11.6 Å². The van der Waals surface area contributed by atoms with Crippen molar-refractivity contribution in [1.82, 2.24) is 24.1 Å². The second-order valence-corrected chi connectivity index (χ2v) is 4.02. The summed E-state index contributed by atoms with van der Waals surface area (Å²) in [5, 5.41) is 13.2. The molecule has 0 aliphatic carbocycles. The maximum Gasteiger partial charge on any atom is 0.358 e. The normalized spacial score (nSPS) is 11.0. The van der Waals surface area contributed by atoms with E-state index in [9.17, 15) is 4.79 Å². The molecule has 3 aromatic heterocycles. The molecule has 0 saturated heterocycles. The van der Waals surface area contributed by atoms with Gasteiger partial charge in [0, 0.05) is 36.9 Å². The van der Waals surface area contributed by atoms with E-state index in [1.54, 1.807) is 27.7 Å². The molecule has 3 aromatic rings. The Kier molecular flexibility index (Phi) is 2.52. The minimum atomic E-state index is -1.09. The second-order valence-electron chi connectivity index (χ2n) is 4.02. The number of carboxylic acid groups (broad SMARTS) is 1. The summed E-state index contributed by atoms with van der Waals surface area (Å²) in [7, 11) is 0. The van der Waals surface area contributed by atoms with Crippen LogP contribution in [-0.4, -0.2) is 35.2 Å². The first kappa shape index (κ1) is 11.4. The van der Waals surface area contributed by atoms with Crippen LogP contribution in [0.5, 0.6) is 0 Å². The second kappa shape index (κ2) is 4.20. The summed E-state index contributed by atoms with van der Waals surface area (Å²) in [6, 6.07) is 0. The van der Waals surface area contributed by atoms with E-state index >= 15 is 0 Å². The van der Waals surface area contributed by atoms with Crippen LogP contribution in [-0.2, 0) is 6.54 Å². The lowest BCUT2D eigenvalue weighted by Gasteiger charge is -1.95. The predicted molar refractivity (Wildman–Crippen MR) is 66.8 cm³/mol. The molecule has 0 aliphatic rings. The molecule has 3 rings (SSSR count). The van der Waals surface area contributed by atoms with E-state index in [0.717, 1.165) is 12.1 Å². The van der Waals surface area contributed by atoms with Gasteiger partial charge in [0.25, 0.3) is 0 Å². The van der Waals surface area contributed by atoms with Gasteiger partial charge >= 0.3 is 5.97 Å². The number of aromatic carboxylic acids is 1. The molecule has 1 N–H and O–H groups in total. The van der Waals surface area contributed by atoms with Crippen LogP contribution in [0.1, 0.15) is 17.4 Å². The van der Waals surface area contributed by atoms with Crippen LogP contribution in [0.25, 0.3) is 16.9 Å². The zero-order chi connectivity index (χ0) is 13.4. The third-order valence-corrected chi connectivity index (χ3v) is 2.83. The zero-order valence-corrected chi connectivity index (χ0v) is 10.2. The largest absolute Gasteiger partial charge is 0.476 e. The summed E-state index contributed by atoms with van der Waals surface area (Å²) < 4.78 is 3.44. The van der Waals surface area contributed by atoms with Crippen molar-refractivity contribution in [3.63, 3.8) is 0 Å². The third kappa shape index (κ3) is 1.85. The number of aromatic nitrogens is 5. The summed E-state index contributed by atoms with van der Waals surface area (Å²) in [6.07, 6.45) is 8.45. The minimum absolute atomic E-state index is 0.0587. The number of carbonyl (C=O) groups is 1. The number of nitrogens with zero attached hydrogens (tertiary/aromatic N) is 5. The quantitative estimate of drug-likeness (QED) is 0.764. The number of imidazole rings is 1. The van der Waals surface area contributed by atoms with Crippen LogP contribution in [0.3, 0.4) is 0 Å². The Labute approximate surface area is 108 Å². The van der Waals surface area contributed by atoms with Gasteiger partial charge in [-0.3, -0.25) is 4.68 Å². The monoisotopic (exact) mass is 257 g/mol. The molecule has 0 atom stereocenters. The van der Waals surface area contributed by atoms with Gasteiger partial charge in [-0.05, 0) is 6.92 Å². The molecular weight excluding hydrogens is 246 g/mol. The standard InChI is InChI=1S/C12H11N5O2/c1-2-17-6-8(5-14-17)9-7-16-4-3-13-10(12(18)19)11(16)15-9/h3-7H,2H2,1H3,(H,18,19). The smallest absolute Gasteiger partial charge is 0.358 e. The number of rotatable bonds is 3. The highest BCUT2D eigenvalue weighted by molar-refractivity contribution is 5.92. The fourth-order valence-electron chi connectivity index (χ4n) is 1.88. The molecule has 7 heteroatoms. The lowest BCUT2D eigenvalue weighted by Crippen LogP contribution is -2.03. The highest BCUT2D eigenvalue weighted by Crippen LogP contribution is 2.19. The van der Waals surface area contributed by atoms with Gasteiger partial charge in [0.15, 0.2) is 11.3 Å². The Hall–Kier alpha value is -2.70. The first-order chi connectivity index (χ1) is 9.19. The van der Waals surface area contributed by atoms with Crippen molar-refractivity contribution < 1.29 is 9.90 Å². The third-order valence-electron chi connectivity index (χ3n) is 2.83. The fraction of sp³-hybridized carbons (Fsp3) is 0.167. The van der Waals surface area contributed by atoms with Gasteiger partial charge in [0.1, 0.15) is 0 Å². The molecule has 96 valence electrons.